The molecule has 0 aliphatic heterocycles. The van der Waals surface area contributed by atoms with Crippen LogP contribution in [-0.2, 0) is 9.59 Å². The van der Waals surface area contributed by atoms with Crippen LogP contribution in [0.25, 0.3) is 0 Å². The van der Waals surface area contributed by atoms with Crippen LogP contribution in [0.3, 0.4) is 0 Å². The van der Waals surface area contributed by atoms with Gasteiger partial charge >= 0.3 is 11.9 Å². The van der Waals surface area contributed by atoms with Crippen LogP contribution in [0.5, 0.6) is 0 Å². The van der Waals surface area contributed by atoms with Crippen molar-refractivity contribution >= 4 is 11.9 Å². The molecule has 0 aromatic heterocycles. The minimum Gasteiger partial charge on any atom is -0.478 e. The second-order valence-corrected chi connectivity index (χ2v) is 21.2. The molecule has 0 aromatic carbocycles. The summed E-state index contributed by atoms with van der Waals surface area (Å²) in [4.78, 5) is 20.9. The Balaban J connectivity index is 3.09. The molecule has 0 aliphatic carbocycles. The topological polar surface area (TPSA) is 74.6 Å². The van der Waals surface area contributed by atoms with Crippen LogP contribution in [0.2, 0.25) is 0 Å². The van der Waals surface area contributed by atoms with Crippen molar-refractivity contribution in [3.8, 4) is 0 Å². The number of hydrogen-bond acceptors (Lipinski definition) is 2. The normalized spacial score (nSPS) is 11.8. The summed E-state index contributed by atoms with van der Waals surface area (Å²) in [5, 5.41) is 17.2. The Morgan fingerprint density at radius 3 is 0.364 bits per heavy atom. The summed E-state index contributed by atoms with van der Waals surface area (Å²) < 4.78 is 0. The second-order valence-electron chi connectivity index (χ2n) is 21.2. The molecule has 0 saturated heterocycles. The van der Waals surface area contributed by atoms with Gasteiger partial charge in [0.1, 0.15) is 0 Å². The first-order valence-electron chi connectivity index (χ1n) is 30.4. The van der Waals surface area contributed by atoms with Crippen molar-refractivity contribution in [2.75, 3.05) is 0 Å². The summed E-state index contributed by atoms with van der Waals surface area (Å²) in [6.45, 7) is 0. The summed E-state index contributed by atoms with van der Waals surface area (Å²) in [6, 6.07) is 0. The largest absolute Gasteiger partial charge is 0.478 e. The van der Waals surface area contributed by atoms with Crippen LogP contribution in [0, 0.1) is 0 Å². The fourth-order valence-corrected chi connectivity index (χ4v) is 10.1. The van der Waals surface area contributed by atoms with Crippen LogP contribution in [0.1, 0.15) is 360 Å². The molecule has 0 bridgehead atoms. The summed E-state index contributed by atoms with van der Waals surface area (Å²) in [5.74, 6) is -1.66. The number of carboxylic acids is 2. The number of carbonyl (C=O) groups is 2. The minimum absolute atomic E-state index is 0.828. The van der Waals surface area contributed by atoms with Crippen molar-refractivity contribution in [3.63, 3.8) is 0 Å². The molecular weight excluding hydrogens is 809 g/mol. The number of carboxylic acid groups (broad SMARTS) is 2. The third-order valence-electron chi connectivity index (χ3n) is 14.5. The van der Waals surface area contributed by atoms with E-state index in [-0.39, 0.29) is 0 Å². The molecule has 0 heterocycles. The number of unbranched alkanes of at least 4 members (excludes halogenated alkanes) is 55. The van der Waals surface area contributed by atoms with Gasteiger partial charge in [-0.15, -0.1) is 0 Å². The zero-order valence-corrected chi connectivity index (χ0v) is 44.6. The summed E-state index contributed by atoms with van der Waals surface area (Å²) in [6.07, 6.45) is 84.9. The third-order valence-corrected chi connectivity index (χ3v) is 14.5. The average Bonchev–Trinajstić information content (AvgIpc) is 3.30. The molecule has 2 N–H and O–H groups in total. The Kier molecular flexibility index (Phi) is 58.1. The zero-order chi connectivity index (χ0) is 47.6. The maximum absolute atomic E-state index is 10.4. The SMILES string of the molecule is O=C(O)C=CCCCCCCCCCCCCCCCCCCCCCCCCCCCCCCCCCCCCCCCCCCCCCCCCCCCCCCCCC=CC(=O)O. The molecule has 0 aromatic rings. The van der Waals surface area contributed by atoms with E-state index >= 15 is 0 Å². The van der Waals surface area contributed by atoms with Crippen LogP contribution in [-0.4, -0.2) is 22.2 Å². The molecule has 0 fully saturated rings. The Morgan fingerprint density at radius 2 is 0.273 bits per heavy atom. The molecule has 0 rings (SSSR count). The Labute approximate surface area is 414 Å². The van der Waals surface area contributed by atoms with Crippen LogP contribution >= 0.6 is 0 Å². The van der Waals surface area contributed by atoms with Gasteiger partial charge in [0.05, 0.1) is 0 Å². The van der Waals surface area contributed by atoms with Gasteiger partial charge < -0.3 is 10.2 Å². The Bertz CT molecular complexity index is 908. The van der Waals surface area contributed by atoms with Crippen molar-refractivity contribution in [2.45, 2.75) is 360 Å². The molecule has 0 amide bonds. The molecule has 390 valence electrons. The predicted octanol–water partition coefficient (Wildman–Crippen LogP) is 22.1. The number of allylic oxidation sites excluding steroid dienone is 2. The molecule has 0 aliphatic rings. The number of rotatable bonds is 59. The third kappa shape index (κ3) is 62.4. The van der Waals surface area contributed by atoms with Gasteiger partial charge in [-0.1, -0.05) is 346 Å². The minimum atomic E-state index is -0.828. The first-order valence-corrected chi connectivity index (χ1v) is 30.4. The summed E-state index contributed by atoms with van der Waals surface area (Å²) in [5.41, 5.74) is 0. The molecule has 0 atom stereocenters. The van der Waals surface area contributed by atoms with Gasteiger partial charge in [0.2, 0.25) is 0 Å². The van der Waals surface area contributed by atoms with Crippen molar-refractivity contribution < 1.29 is 19.8 Å². The van der Waals surface area contributed by atoms with Crippen LogP contribution < -0.4 is 0 Å². The lowest BCUT2D eigenvalue weighted by atomic mass is 10.0. The first kappa shape index (κ1) is 64.4. The quantitative estimate of drug-likeness (QED) is 0.0471. The number of hydrogen-bond donors (Lipinski definition) is 2. The monoisotopic (exact) mass is 927 g/mol. The van der Waals surface area contributed by atoms with Gasteiger partial charge in [-0.25, -0.2) is 9.59 Å². The molecule has 4 nitrogen and oxygen atoms in total. The van der Waals surface area contributed by atoms with Gasteiger partial charge in [-0.05, 0) is 25.7 Å². The first-order chi connectivity index (χ1) is 32.6. The highest BCUT2D eigenvalue weighted by Gasteiger charge is 2.00. The van der Waals surface area contributed by atoms with E-state index in [0.717, 1.165) is 25.7 Å². The van der Waals surface area contributed by atoms with Crippen molar-refractivity contribution in [3.05, 3.63) is 24.3 Å². The van der Waals surface area contributed by atoms with E-state index in [1.165, 1.54) is 346 Å². The van der Waals surface area contributed by atoms with Gasteiger partial charge in [-0.2, -0.15) is 0 Å². The lowest BCUT2D eigenvalue weighted by Crippen LogP contribution is -1.86. The van der Waals surface area contributed by atoms with Crippen molar-refractivity contribution in [2.24, 2.45) is 0 Å². The highest BCUT2D eigenvalue weighted by Crippen LogP contribution is 2.19. The standard InChI is InChI=1S/C62H118O4/c63-61(64)59-57-55-53-51-49-47-45-43-41-39-37-35-33-31-29-27-25-23-21-19-17-15-13-11-9-7-5-3-1-2-4-6-8-10-12-14-16-18-20-22-24-26-28-30-32-34-36-38-40-42-44-46-48-50-52-54-56-58-60-62(65)66/h57-60H,1-56H2,(H,63,64)(H,65,66). The molecule has 0 radical (unpaired) electrons. The van der Waals surface area contributed by atoms with E-state index in [1.807, 2.05) is 0 Å². The molecule has 4 heteroatoms. The van der Waals surface area contributed by atoms with Gasteiger partial charge in [0, 0.05) is 12.2 Å². The zero-order valence-electron chi connectivity index (χ0n) is 44.6. The van der Waals surface area contributed by atoms with Crippen LogP contribution in [0.4, 0.5) is 0 Å². The van der Waals surface area contributed by atoms with Crippen molar-refractivity contribution in [1.82, 2.24) is 0 Å². The smallest absolute Gasteiger partial charge is 0.327 e. The summed E-state index contributed by atoms with van der Waals surface area (Å²) in [7, 11) is 0. The fraction of sp³-hybridized carbons (Fsp3) is 0.903. The molecule has 66 heavy (non-hydrogen) atoms. The van der Waals surface area contributed by atoms with E-state index in [0.29, 0.717) is 0 Å². The van der Waals surface area contributed by atoms with E-state index < -0.39 is 11.9 Å². The lowest BCUT2D eigenvalue weighted by Gasteiger charge is -2.05. The van der Waals surface area contributed by atoms with Gasteiger partial charge in [-0.3, -0.25) is 0 Å². The maximum atomic E-state index is 10.4. The lowest BCUT2D eigenvalue weighted by molar-refractivity contribution is -0.132. The van der Waals surface area contributed by atoms with E-state index in [4.69, 9.17) is 10.2 Å². The highest BCUT2D eigenvalue weighted by molar-refractivity contribution is 5.79. The van der Waals surface area contributed by atoms with Gasteiger partial charge in [0.15, 0.2) is 0 Å². The van der Waals surface area contributed by atoms with Crippen LogP contribution in [0.15, 0.2) is 24.3 Å². The molecule has 0 saturated carbocycles. The Hall–Kier alpha value is -1.58. The highest BCUT2D eigenvalue weighted by atomic mass is 16.4. The molecule has 0 unspecified atom stereocenters. The maximum Gasteiger partial charge on any atom is 0.327 e. The van der Waals surface area contributed by atoms with Crippen molar-refractivity contribution in [1.29, 1.82) is 0 Å². The average molecular weight is 928 g/mol. The predicted molar refractivity (Wildman–Crippen MR) is 292 cm³/mol. The van der Waals surface area contributed by atoms with E-state index in [9.17, 15) is 9.59 Å². The van der Waals surface area contributed by atoms with E-state index in [2.05, 4.69) is 0 Å². The fourth-order valence-electron chi connectivity index (χ4n) is 10.1. The molecular formula is C62H118O4. The number of aliphatic carboxylic acids is 2. The summed E-state index contributed by atoms with van der Waals surface area (Å²) >= 11 is 0. The Morgan fingerprint density at radius 1 is 0.182 bits per heavy atom. The second kappa shape index (κ2) is 59.5. The van der Waals surface area contributed by atoms with Gasteiger partial charge in [0.25, 0.3) is 0 Å². The van der Waals surface area contributed by atoms with E-state index in [1.54, 1.807) is 12.2 Å². The molecule has 0 spiro atoms.